The molecule has 0 spiro atoms. The van der Waals surface area contributed by atoms with Crippen LogP contribution in [0.3, 0.4) is 0 Å². The average Bonchev–Trinajstić information content (AvgIpc) is 3.35. The van der Waals surface area contributed by atoms with Crippen LogP contribution in [0.4, 0.5) is 5.69 Å². The standard InChI is InChI=1S/C21H22N4OS/c26-20(23-12-14-25-13-9-16-3-1-2-4-19(16)25)6-5-18-15-27-21(24-18)17-7-10-22-11-8-17/h1-4,7-8,10-11,15H,5-6,9,12-14H2,(H,23,26). The third-order valence-corrected chi connectivity index (χ3v) is 5.71. The van der Waals surface area contributed by atoms with Gasteiger partial charge in [-0.1, -0.05) is 18.2 Å². The molecule has 6 heteroatoms. The molecule has 0 atom stereocenters. The summed E-state index contributed by atoms with van der Waals surface area (Å²) in [7, 11) is 0. The lowest BCUT2D eigenvalue weighted by Gasteiger charge is -2.19. The number of hydrogen-bond donors (Lipinski definition) is 1. The fourth-order valence-electron chi connectivity index (χ4n) is 3.35. The van der Waals surface area contributed by atoms with Crippen LogP contribution in [-0.2, 0) is 17.6 Å². The summed E-state index contributed by atoms with van der Waals surface area (Å²) in [5.41, 5.74) is 4.74. The first kappa shape index (κ1) is 17.7. The van der Waals surface area contributed by atoms with E-state index in [2.05, 4.69) is 44.5 Å². The van der Waals surface area contributed by atoms with Gasteiger partial charge in [0.1, 0.15) is 5.01 Å². The molecule has 0 saturated carbocycles. The zero-order valence-corrected chi connectivity index (χ0v) is 15.9. The molecule has 1 aliphatic rings. The molecule has 0 radical (unpaired) electrons. The first-order chi connectivity index (χ1) is 13.3. The van der Waals surface area contributed by atoms with Crippen molar-refractivity contribution in [3.63, 3.8) is 0 Å². The summed E-state index contributed by atoms with van der Waals surface area (Å²) in [6.45, 7) is 2.56. The number of benzene rings is 1. The van der Waals surface area contributed by atoms with Gasteiger partial charge in [0, 0.05) is 55.1 Å². The number of aromatic nitrogens is 2. The number of anilines is 1. The van der Waals surface area contributed by atoms with Crippen molar-refractivity contribution < 1.29 is 4.79 Å². The molecule has 1 N–H and O–H groups in total. The molecular formula is C21H22N4OS. The maximum Gasteiger partial charge on any atom is 0.220 e. The van der Waals surface area contributed by atoms with Crippen molar-refractivity contribution in [2.75, 3.05) is 24.5 Å². The molecule has 1 amide bonds. The maximum absolute atomic E-state index is 12.2. The lowest BCUT2D eigenvalue weighted by molar-refractivity contribution is -0.121. The average molecular weight is 379 g/mol. The number of fused-ring (bicyclic) bond motifs is 1. The van der Waals surface area contributed by atoms with E-state index in [-0.39, 0.29) is 5.91 Å². The largest absolute Gasteiger partial charge is 0.369 e. The number of pyridine rings is 1. The fourth-order valence-corrected chi connectivity index (χ4v) is 4.21. The van der Waals surface area contributed by atoms with Crippen molar-refractivity contribution in [1.82, 2.24) is 15.3 Å². The van der Waals surface area contributed by atoms with Gasteiger partial charge in [0.25, 0.3) is 0 Å². The minimum absolute atomic E-state index is 0.0842. The number of aryl methyl sites for hydroxylation is 1. The van der Waals surface area contributed by atoms with Gasteiger partial charge in [-0.3, -0.25) is 9.78 Å². The molecule has 27 heavy (non-hydrogen) atoms. The Balaban J connectivity index is 1.21. The quantitative estimate of drug-likeness (QED) is 0.685. The SMILES string of the molecule is O=C(CCc1csc(-c2ccncc2)n1)NCCN1CCc2ccccc21. The Morgan fingerprint density at radius 2 is 2.04 bits per heavy atom. The number of amides is 1. The molecule has 2 aromatic heterocycles. The second-order valence-electron chi connectivity index (χ2n) is 6.60. The highest BCUT2D eigenvalue weighted by atomic mass is 32.1. The van der Waals surface area contributed by atoms with Gasteiger partial charge in [0.2, 0.25) is 5.91 Å². The predicted molar refractivity (Wildman–Crippen MR) is 109 cm³/mol. The first-order valence-corrected chi connectivity index (χ1v) is 10.1. The summed E-state index contributed by atoms with van der Waals surface area (Å²) >= 11 is 1.61. The fraction of sp³-hybridized carbons (Fsp3) is 0.286. The Labute approximate surface area is 163 Å². The van der Waals surface area contributed by atoms with Gasteiger partial charge < -0.3 is 10.2 Å². The van der Waals surface area contributed by atoms with Crippen molar-refractivity contribution in [1.29, 1.82) is 0 Å². The summed E-state index contributed by atoms with van der Waals surface area (Å²) in [5.74, 6) is 0.0842. The van der Waals surface area contributed by atoms with Crippen LogP contribution in [0.15, 0.2) is 54.2 Å². The number of carbonyl (C=O) groups excluding carboxylic acids is 1. The number of thiazole rings is 1. The molecule has 0 aliphatic carbocycles. The summed E-state index contributed by atoms with van der Waals surface area (Å²) < 4.78 is 0. The number of rotatable bonds is 7. The van der Waals surface area contributed by atoms with Gasteiger partial charge in [-0.25, -0.2) is 4.98 Å². The Bertz CT molecular complexity index is 909. The topological polar surface area (TPSA) is 58.1 Å². The zero-order chi connectivity index (χ0) is 18.5. The Morgan fingerprint density at radius 3 is 2.93 bits per heavy atom. The van der Waals surface area contributed by atoms with E-state index in [0.29, 0.717) is 19.4 Å². The molecule has 138 valence electrons. The van der Waals surface area contributed by atoms with Gasteiger partial charge in [0.05, 0.1) is 5.69 Å². The zero-order valence-electron chi connectivity index (χ0n) is 15.1. The van der Waals surface area contributed by atoms with Crippen LogP contribution >= 0.6 is 11.3 Å². The van der Waals surface area contributed by atoms with Crippen LogP contribution in [0.5, 0.6) is 0 Å². The highest BCUT2D eigenvalue weighted by Crippen LogP contribution is 2.26. The van der Waals surface area contributed by atoms with Crippen molar-refractivity contribution in [2.45, 2.75) is 19.3 Å². The van der Waals surface area contributed by atoms with Crippen LogP contribution in [-0.4, -0.2) is 35.5 Å². The van der Waals surface area contributed by atoms with E-state index >= 15 is 0 Å². The van der Waals surface area contributed by atoms with Crippen molar-refractivity contribution >= 4 is 22.9 Å². The minimum atomic E-state index is 0.0842. The Hall–Kier alpha value is -2.73. The lowest BCUT2D eigenvalue weighted by atomic mass is 10.2. The molecule has 1 aromatic carbocycles. The molecule has 3 aromatic rings. The summed E-state index contributed by atoms with van der Waals surface area (Å²) in [6, 6.07) is 12.4. The van der Waals surface area contributed by atoms with Crippen LogP contribution in [0.25, 0.3) is 10.6 Å². The van der Waals surface area contributed by atoms with Crippen LogP contribution in [0, 0.1) is 0 Å². The smallest absolute Gasteiger partial charge is 0.220 e. The maximum atomic E-state index is 12.2. The van der Waals surface area contributed by atoms with Crippen LogP contribution in [0.2, 0.25) is 0 Å². The summed E-state index contributed by atoms with van der Waals surface area (Å²) in [6.07, 6.45) is 5.76. The summed E-state index contributed by atoms with van der Waals surface area (Å²) in [5, 5.41) is 6.04. The van der Waals surface area contributed by atoms with Crippen molar-refractivity contribution in [3.05, 3.63) is 65.4 Å². The number of carbonyl (C=O) groups is 1. The highest BCUT2D eigenvalue weighted by Gasteiger charge is 2.17. The molecule has 0 saturated heterocycles. The van der Waals surface area contributed by atoms with E-state index in [1.807, 2.05) is 17.5 Å². The molecule has 1 aliphatic heterocycles. The minimum Gasteiger partial charge on any atom is -0.369 e. The third-order valence-electron chi connectivity index (χ3n) is 4.77. The number of hydrogen-bond acceptors (Lipinski definition) is 5. The Morgan fingerprint density at radius 1 is 1.19 bits per heavy atom. The van der Waals surface area contributed by atoms with E-state index < -0.39 is 0 Å². The van der Waals surface area contributed by atoms with Crippen molar-refractivity contribution in [3.8, 4) is 10.6 Å². The van der Waals surface area contributed by atoms with E-state index in [9.17, 15) is 4.79 Å². The number of nitrogens with zero attached hydrogens (tertiary/aromatic N) is 3. The van der Waals surface area contributed by atoms with Crippen LogP contribution in [0.1, 0.15) is 17.7 Å². The van der Waals surface area contributed by atoms with Gasteiger partial charge in [-0.15, -0.1) is 11.3 Å². The van der Waals surface area contributed by atoms with E-state index in [0.717, 1.165) is 35.8 Å². The Kier molecular flexibility index (Phi) is 5.44. The second kappa shape index (κ2) is 8.31. The molecule has 4 rings (SSSR count). The first-order valence-electron chi connectivity index (χ1n) is 9.24. The van der Waals surface area contributed by atoms with Gasteiger partial charge in [-0.05, 0) is 36.6 Å². The van der Waals surface area contributed by atoms with Crippen LogP contribution < -0.4 is 10.2 Å². The lowest BCUT2D eigenvalue weighted by Crippen LogP contribution is -2.34. The predicted octanol–water partition coefficient (Wildman–Crippen LogP) is 3.32. The third kappa shape index (κ3) is 4.34. The monoisotopic (exact) mass is 378 g/mol. The van der Waals surface area contributed by atoms with Gasteiger partial charge in [0.15, 0.2) is 0 Å². The number of para-hydroxylation sites is 1. The molecule has 0 bridgehead atoms. The second-order valence-corrected chi connectivity index (χ2v) is 7.45. The molecular weight excluding hydrogens is 356 g/mol. The van der Waals surface area contributed by atoms with E-state index in [1.165, 1.54) is 11.3 Å². The normalized spacial score (nSPS) is 12.8. The highest BCUT2D eigenvalue weighted by molar-refractivity contribution is 7.13. The van der Waals surface area contributed by atoms with Gasteiger partial charge in [-0.2, -0.15) is 0 Å². The molecule has 5 nitrogen and oxygen atoms in total. The van der Waals surface area contributed by atoms with Crippen molar-refractivity contribution in [2.24, 2.45) is 0 Å². The van der Waals surface area contributed by atoms with E-state index in [1.54, 1.807) is 23.7 Å². The molecule has 0 fully saturated rings. The van der Waals surface area contributed by atoms with E-state index in [4.69, 9.17) is 0 Å². The van der Waals surface area contributed by atoms with Gasteiger partial charge >= 0.3 is 0 Å². The molecule has 0 unspecified atom stereocenters. The number of nitrogens with one attached hydrogen (secondary N) is 1. The molecule has 3 heterocycles. The summed E-state index contributed by atoms with van der Waals surface area (Å²) in [4.78, 5) is 23.1.